The van der Waals surface area contributed by atoms with E-state index in [1.54, 1.807) is 24.3 Å². The van der Waals surface area contributed by atoms with Gasteiger partial charge in [0.15, 0.2) is 0 Å². The number of hydrogen-bond donors (Lipinski definition) is 3. The van der Waals surface area contributed by atoms with Crippen molar-refractivity contribution < 1.29 is 14.7 Å². The number of terminal acetylenes is 1. The molecule has 2 N–H and O–H groups in total. The monoisotopic (exact) mass is 249 g/mol. The molecule has 0 bridgehead atoms. The third-order valence-electron chi connectivity index (χ3n) is 2.10. The van der Waals surface area contributed by atoms with Gasteiger partial charge in [-0.25, -0.2) is 4.79 Å². The lowest BCUT2D eigenvalue weighted by atomic mass is 10.1. The lowest BCUT2D eigenvalue weighted by Gasteiger charge is -2.11. The molecule has 0 spiro atoms. The van der Waals surface area contributed by atoms with Gasteiger partial charge in [0.1, 0.15) is 6.04 Å². The molecular formula is C12H11NO3S. The summed E-state index contributed by atoms with van der Waals surface area (Å²) in [6.07, 6.45) is 5.18. The van der Waals surface area contributed by atoms with E-state index < -0.39 is 17.9 Å². The van der Waals surface area contributed by atoms with Gasteiger partial charge in [0, 0.05) is 16.9 Å². The fourth-order valence-electron chi connectivity index (χ4n) is 1.14. The summed E-state index contributed by atoms with van der Waals surface area (Å²) < 4.78 is 0. The van der Waals surface area contributed by atoms with Gasteiger partial charge in [-0.1, -0.05) is 5.92 Å². The van der Waals surface area contributed by atoms with E-state index in [-0.39, 0.29) is 5.75 Å². The molecule has 1 rings (SSSR count). The van der Waals surface area contributed by atoms with Crippen LogP contribution in [0.5, 0.6) is 0 Å². The molecule has 0 radical (unpaired) electrons. The fraction of sp³-hybridized carbons (Fsp3) is 0.167. The number of carbonyl (C=O) groups is 2. The van der Waals surface area contributed by atoms with Crippen molar-refractivity contribution in [2.75, 3.05) is 5.75 Å². The SMILES string of the molecule is C#Cc1ccc(C(=O)NC(CS)C(=O)O)cc1. The van der Waals surface area contributed by atoms with Gasteiger partial charge in [0.25, 0.3) is 5.91 Å². The van der Waals surface area contributed by atoms with Crippen molar-refractivity contribution in [3.05, 3.63) is 35.4 Å². The molecule has 1 amide bonds. The average molecular weight is 249 g/mol. The Morgan fingerprint density at radius 1 is 1.41 bits per heavy atom. The Labute approximate surface area is 104 Å². The van der Waals surface area contributed by atoms with Crippen LogP contribution in [0, 0.1) is 12.3 Å². The molecular weight excluding hydrogens is 238 g/mol. The first-order valence-corrected chi connectivity index (χ1v) is 5.43. The maximum atomic E-state index is 11.7. The predicted molar refractivity (Wildman–Crippen MR) is 67.1 cm³/mol. The van der Waals surface area contributed by atoms with E-state index >= 15 is 0 Å². The molecule has 88 valence electrons. The van der Waals surface area contributed by atoms with Crippen molar-refractivity contribution in [1.82, 2.24) is 5.32 Å². The first-order chi connectivity index (χ1) is 8.08. The molecule has 0 aromatic heterocycles. The molecule has 1 aromatic carbocycles. The van der Waals surface area contributed by atoms with E-state index in [4.69, 9.17) is 11.5 Å². The van der Waals surface area contributed by atoms with Crippen molar-refractivity contribution in [2.24, 2.45) is 0 Å². The van der Waals surface area contributed by atoms with Gasteiger partial charge >= 0.3 is 5.97 Å². The molecule has 0 heterocycles. The smallest absolute Gasteiger partial charge is 0.327 e. The van der Waals surface area contributed by atoms with Crippen LogP contribution in [-0.2, 0) is 4.79 Å². The highest BCUT2D eigenvalue weighted by Gasteiger charge is 2.18. The Bertz CT molecular complexity index is 462. The van der Waals surface area contributed by atoms with Gasteiger partial charge in [0.2, 0.25) is 0 Å². The summed E-state index contributed by atoms with van der Waals surface area (Å²) in [4.78, 5) is 22.4. The van der Waals surface area contributed by atoms with Crippen LogP contribution < -0.4 is 5.32 Å². The molecule has 0 aliphatic heterocycles. The summed E-state index contributed by atoms with van der Waals surface area (Å²) >= 11 is 3.85. The standard InChI is InChI=1S/C12H11NO3S/c1-2-8-3-5-9(6-4-8)11(14)13-10(7-17)12(15)16/h1,3-6,10,17H,7H2,(H,13,14)(H,15,16). The van der Waals surface area contributed by atoms with Crippen molar-refractivity contribution >= 4 is 24.5 Å². The Balaban J connectivity index is 2.76. The number of benzene rings is 1. The molecule has 1 unspecified atom stereocenters. The molecule has 1 atom stereocenters. The van der Waals surface area contributed by atoms with Gasteiger partial charge < -0.3 is 10.4 Å². The number of carbonyl (C=O) groups excluding carboxylic acids is 1. The molecule has 0 fully saturated rings. The quantitative estimate of drug-likeness (QED) is 0.546. The van der Waals surface area contributed by atoms with Gasteiger partial charge in [-0.2, -0.15) is 12.6 Å². The van der Waals surface area contributed by atoms with Crippen LogP contribution in [0.25, 0.3) is 0 Å². The minimum atomic E-state index is -1.12. The Hall–Kier alpha value is -1.93. The molecule has 0 aliphatic carbocycles. The molecule has 0 saturated heterocycles. The Morgan fingerprint density at radius 2 is 2.00 bits per heavy atom. The lowest BCUT2D eigenvalue weighted by Crippen LogP contribution is -2.42. The van der Waals surface area contributed by atoms with Gasteiger partial charge in [0.05, 0.1) is 0 Å². The van der Waals surface area contributed by atoms with E-state index in [1.807, 2.05) is 0 Å². The molecule has 4 nitrogen and oxygen atoms in total. The van der Waals surface area contributed by atoms with Crippen molar-refractivity contribution in [1.29, 1.82) is 0 Å². The van der Waals surface area contributed by atoms with Crippen LogP contribution in [0.1, 0.15) is 15.9 Å². The zero-order chi connectivity index (χ0) is 12.8. The van der Waals surface area contributed by atoms with Crippen LogP contribution in [0.3, 0.4) is 0 Å². The number of nitrogens with one attached hydrogen (secondary N) is 1. The zero-order valence-corrected chi connectivity index (χ0v) is 9.78. The Morgan fingerprint density at radius 3 is 2.41 bits per heavy atom. The van der Waals surface area contributed by atoms with Crippen molar-refractivity contribution in [3.63, 3.8) is 0 Å². The number of rotatable bonds is 4. The third kappa shape index (κ3) is 3.54. The van der Waals surface area contributed by atoms with Crippen LogP contribution in [-0.4, -0.2) is 28.8 Å². The summed E-state index contributed by atoms with van der Waals surface area (Å²) in [5.74, 6) is 0.877. The maximum absolute atomic E-state index is 11.7. The van der Waals surface area contributed by atoms with Gasteiger partial charge in [-0.15, -0.1) is 6.42 Å². The number of carboxylic acids is 1. The largest absolute Gasteiger partial charge is 0.480 e. The van der Waals surface area contributed by atoms with E-state index in [2.05, 4.69) is 23.9 Å². The summed E-state index contributed by atoms with van der Waals surface area (Å²) in [6, 6.07) is 5.32. The van der Waals surface area contributed by atoms with Crippen LogP contribution >= 0.6 is 12.6 Å². The Kier molecular flexibility index (Phi) is 4.61. The highest BCUT2D eigenvalue weighted by Crippen LogP contribution is 2.04. The molecule has 1 aromatic rings. The van der Waals surface area contributed by atoms with Gasteiger partial charge in [-0.05, 0) is 24.3 Å². The average Bonchev–Trinajstić information content (AvgIpc) is 2.35. The third-order valence-corrected chi connectivity index (χ3v) is 2.46. The normalized spacial score (nSPS) is 11.3. The number of thiol groups is 1. The highest BCUT2D eigenvalue weighted by molar-refractivity contribution is 7.80. The van der Waals surface area contributed by atoms with E-state index in [0.717, 1.165) is 0 Å². The minimum absolute atomic E-state index is 0.0313. The summed E-state index contributed by atoms with van der Waals surface area (Å²) in [5, 5.41) is 11.1. The summed E-state index contributed by atoms with van der Waals surface area (Å²) in [6.45, 7) is 0. The molecule has 5 heteroatoms. The topological polar surface area (TPSA) is 66.4 Å². The first-order valence-electron chi connectivity index (χ1n) is 4.79. The zero-order valence-electron chi connectivity index (χ0n) is 8.88. The lowest BCUT2D eigenvalue weighted by molar-refractivity contribution is -0.138. The fourth-order valence-corrected chi connectivity index (χ4v) is 1.39. The second-order valence-corrected chi connectivity index (χ2v) is 3.63. The maximum Gasteiger partial charge on any atom is 0.327 e. The van der Waals surface area contributed by atoms with Crippen LogP contribution in [0.4, 0.5) is 0 Å². The number of amides is 1. The minimum Gasteiger partial charge on any atom is -0.480 e. The number of hydrogen-bond acceptors (Lipinski definition) is 3. The second-order valence-electron chi connectivity index (χ2n) is 3.27. The summed E-state index contributed by atoms with van der Waals surface area (Å²) in [5.41, 5.74) is 1.02. The number of aliphatic carboxylic acids is 1. The second kappa shape index (κ2) is 5.97. The number of carboxylic acid groups (broad SMARTS) is 1. The van der Waals surface area contributed by atoms with Crippen molar-refractivity contribution in [2.45, 2.75) is 6.04 Å². The van der Waals surface area contributed by atoms with Crippen molar-refractivity contribution in [3.8, 4) is 12.3 Å². The van der Waals surface area contributed by atoms with Gasteiger partial charge in [-0.3, -0.25) is 4.79 Å². The first kappa shape index (κ1) is 13.1. The summed E-state index contributed by atoms with van der Waals surface area (Å²) in [7, 11) is 0. The highest BCUT2D eigenvalue weighted by atomic mass is 32.1. The van der Waals surface area contributed by atoms with E-state index in [0.29, 0.717) is 11.1 Å². The molecule has 0 saturated carbocycles. The van der Waals surface area contributed by atoms with Crippen LogP contribution in [0.15, 0.2) is 24.3 Å². The molecule has 0 aliphatic rings. The predicted octanol–water partition coefficient (Wildman–Crippen LogP) is 0.781. The van der Waals surface area contributed by atoms with E-state index in [9.17, 15) is 9.59 Å². The van der Waals surface area contributed by atoms with Crippen LogP contribution in [0.2, 0.25) is 0 Å². The van der Waals surface area contributed by atoms with E-state index in [1.165, 1.54) is 0 Å². The molecule has 17 heavy (non-hydrogen) atoms.